The molecule has 1 unspecified atom stereocenters. The lowest BCUT2D eigenvalue weighted by molar-refractivity contribution is -0.162. The van der Waals surface area contributed by atoms with Crippen molar-refractivity contribution in [2.45, 2.75) is 19.3 Å². The second-order valence-corrected chi connectivity index (χ2v) is 3.30. The molecule has 0 spiro atoms. The van der Waals surface area contributed by atoms with Crippen LogP contribution in [0.4, 0.5) is 0 Å². The zero-order valence-electron chi connectivity index (χ0n) is 7.75. The molecule has 1 rings (SSSR count). The lowest BCUT2D eigenvalue weighted by Crippen LogP contribution is -2.40. The summed E-state index contributed by atoms with van der Waals surface area (Å²) in [6.45, 7) is 0.968. The molecular weight excluding hydrogens is 172 g/mol. The molecule has 1 saturated heterocycles. The Labute approximate surface area is 77.2 Å². The second-order valence-electron chi connectivity index (χ2n) is 3.30. The summed E-state index contributed by atoms with van der Waals surface area (Å²) in [7, 11) is 1.34. The van der Waals surface area contributed by atoms with Crippen LogP contribution in [0.15, 0.2) is 0 Å². The van der Waals surface area contributed by atoms with Gasteiger partial charge in [-0.1, -0.05) is 0 Å². The molecule has 1 aliphatic heterocycles. The number of rotatable bonds is 3. The molecule has 0 aromatic carbocycles. The number of esters is 1. The topological polar surface area (TPSA) is 52.6 Å². The van der Waals surface area contributed by atoms with E-state index >= 15 is 0 Å². The van der Waals surface area contributed by atoms with Gasteiger partial charge in [0.25, 0.3) is 0 Å². The third-order valence-corrected chi connectivity index (χ3v) is 2.41. The SMILES string of the molecule is COC(=O)C1(CC=O)CCCOC1. The van der Waals surface area contributed by atoms with Crippen LogP contribution in [-0.2, 0) is 19.1 Å². The van der Waals surface area contributed by atoms with Crippen LogP contribution in [0.25, 0.3) is 0 Å². The molecule has 0 aromatic rings. The summed E-state index contributed by atoms with van der Waals surface area (Å²) in [4.78, 5) is 21.9. The Morgan fingerprint density at radius 1 is 1.69 bits per heavy atom. The van der Waals surface area contributed by atoms with Crippen molar-refractivity contribution in [3.63, 3.8) is 0 Å². The van der Waals surface area contributed by atoms with Crippen molar-refractivity contribution in [1.82, 2.24) is 0 Å². The third-order valence-electron chi connectivity index (χ3n) is 2.41. The van der Waals surface area contributed by atoms with Gasteiger partial charge in [-0.2, -0.15) is 0 Å². The number of carbonyl (C=O) groups is 2. The van der Waals surface area contributed by atoms with E-state index in [1.54, 1.807) is 0 Å². The first-order valence-corrected chi connectivity index (χ1v) is 4.35. The van der Waals surface area contributed by atoms with Crippen molar-refractivity contribution < 1.29 is 19.1 Å². The highest BCUT2D eigenvalue weighted by Gasteiger charge is 2.41. The fraction of sp³-hybridized carbons (Fsp3) is 0.778. The lowest BCUT2D eigenvalue weighted by Gasteiger charge is -2.32. The van der Waals surface area contributed by atoms with Gasteiger partial charge in [0.2, 0.25) is 0 Å². The van der Waals surface area contributed by atoms with Crippen LogP contribution in [0.3, 0.4) is 0 Å². The smallest absolute Gasteiger partial charge is 0.314 e. The first-order valence-electron chi connectivity index (χ1n) is 4.35. The summed E-state index contributed by atoms with van der Waals surface area (Å²) < 4.78 is 9.87. The predicted octanol–water partition coefficient (Wildman–Crippen LogP) is 0.545. The Hall–Kier alpha value is -0.900. The Kier molecular flexibility index (Phi) is 3.42. The minimum absolute atomic E-state index is 0.194. The molecular formula is C9H14O4. The Bertz CT molecular complexity index is 194. The van der Waals surface area contributed by atoms with E-state index in [0.29, 0.717) is 19.6 Å². The molecule has 1 aliphatic rings. The Balaban J connectivity index is 2.71. The summed E-state index contributed by atoms with van der Waals surface area (Å²) in [5.41, 5.74) is -0.714. The van der Waals surface area contributed by atoms with Gasteiger partial charge in [-0.15, -0.1) is 0 Å². The molecule has 0 N–H and O–H groups in total. The van der Waals surface area contributed by atoms with Crippen LogP contribution in [0.1, 0.15) is 19.3 Å². The number of methoxy groups -OCH3 is 1. The molecule has 0 saturated carbocycles. The molecule has 1 atom stereocenters. The molecule has 0 amide bonds. The van der Waals surface area contributed by atoms with Crippen molar-refractivity contribution in [3.8, 4) is 0 Å². The van der Waals surface area contributed by atoms with Gasteiger partial charge in [0.15, 0.2) is 0 Å². The van der Waals surface area contributed by atoms with Gasteiger partial charge in [-0.25, -0.2) is 0 Å². The highest BCUT2D eigenvalue weighted by atomic mass is 16.5. The Morgan fingerprint density at radius 3 is 2.92 bits per heavy atom. The molecule has 0 bridgehead atoms. The van der Waals surface area contributed by atoms with Gasteiger partial charge in [0, 0.05) is 13.0 Å². The number of aldehydes is 1. The van der Waals surface area contributed by atoms with Crippen molar-refractivity contribution in [2.24, 2.45) is 5.41 Å². The highest BCUT2D eigenvalue weighted by molar-refractivity contribution is 5.80. The number of hydrogen-bond acceptors (Lipinski definition) is 4. The second kappa shape index (κ2) is 4.37. The number of hydrogen-bond donors (Lipinski definition) is 0. The zero-order chi connectivity index (χ0) is 9.73. The summed E-state index contributed by atoms with van der Waals surface area (Å²) in [6.07, 6.45) is 2.44. The van der Waals surface area contributed by atoms with Crippen LogP contribution in [-0.4, -0.2) is 32.6 Å². The molecule has 0 aliphatic carbocycles. The van der Waals surface area contributed by atoms with Gasteiger partial charge in [0.1, 0.15) is 6.29 Å². The molecule has 4 heteroatoms. The van der Waals surface area contributed by atoms with Gasteiger partial charge in [-0.3, -0.25) is 4.79 Å². The van der Waals surface area contributed by atoms with Crippen molar-refractivity contribution >= 4 is 12.3 Å². The Morgan fingerprint density at radius 2 is 2.46 bits per heavy atom. The average Bonchev–Trinajstić information content (AvgIpc) is 2.18. The van der Waals surface area contributed by atoms with E-state index in [1.165, 1.54) is 7.11 Å². The molecule has 74 valence electrons. The fourth-order valence-corrected chi connectivity index (χ4v) is 1.63. The minimum Gasteiger partial charge on any atom is -0.469 e. The lowest BCUT2D eigenvalue weighted by atomic mass is 9.80. The summed E-state index contributed by atoms with van der Waals surface area (Å²) in [5.74, 6) is -0.334. The quantitative estimate of drug-likeness (QED) is 0.477. The minimum atomic E-state index is -0.714. The van der Waals surface area contributed by atoms with E-state index in [4.69, 9.17) is 4.74 Å². The van der Waals surface area contributed by atoms with E-state index in [9.17, 15) is 9.59 Å². The molecule has 1 fully saturated rings. The van der Waals surface area contributed by atoms with E-state index < -0.39 is 5.41 Å². The summed E-state index contributed by atoms with van der Waals surface area (Å²) in [5, 5.41) is 0. The van der Waals surface area contributed by atoms with E-state index in [-0.39, 0.29) is 12.4 Å². The van der Waals surface area contributed by atoms with Gasteiger partial charge < -0.3 is 14.3 Å². The maximum atomic E-state index is 11.4. The molecule has 13 heavy (non-hydrogen) atoms. The van der Waals surface area contributed by atoms with Crippen molar-refractivity contribution in [3.05, 3.63) is 0 Å². The maximum absolute atomic E-state index is 11.4. The molecule has 0 aromatic heterocycles. The highest BCUT2D eigenvalue weighted by Crippen LogP contribution is 2.32. The fourth-order valence-electron chi connectivity index (χ4n) is 1.63. The van der Waals surface area contributed by atoms with Gasteiger partial charge >= 0.3 is 5.97 Å². The summed E-state index contributed by atoms with van der Waals surface area (Å²) in [6, 6.07) is 0. The monoisotopic (exact) mass is 186 g/mol. The van der Waals surface area contributed by atoms with E-state index in [1.807, 2.05) is 0 Å². The standard InChI is InChI=1S/C9H14O4/c1-12-8(11)9(4-5-10)3-2-6-13-7-9/h5H,2-4,6-7H2,1H3. The zero-order valence-corrected chi connectivity index (χ0v) is 7.75. The first kappa shape index (κ1) is 10.2. The molecule has 0 radical (unpaired) electrons. The van der Waals surface area contributed by atoms with E-state index in [2.05, 4.69) is 4.74 Å². The van der Waals surface area contributed by atoms with Crippen molar-refractivity contribution in [2.75, 3.05) is 20.3 Å². The normalized spacial score (nSPS) is 28.1. The maximum Gasteiger partial charge on any atom is 0.314 e. The van der Waals surface area contributed by atoms with Crippen LogP contribution in [0.5, 0.6) is 0 Å². The van der Waals surface area contributed by atoms with Gasteiger partial charge in [-0.05, 0) is 12.8 Å². The van der Waals surface area contributed by atoms with Crippen LogP contribution in [0, 0.1) is 5.41 Å². The largest absolute Gasteiger partial charge is 0.469 e. The number of ether oxygens (including phenoxy) is 2. The van der Waals surface area contributed by atoms with Crippen molar-refractivity contribution in [1.29, 1.82) is 0 Å². The first-order chi connectivity index (χ1) is 6.25. The van der Waals surface area contributed by atoms with Gasteiger partial charge in [0.05, 0.1) is 19.1 Å². The third kappa shape index (κ3) is 2.06. The van der Waals surface area contributed by atoms with Crippen LogP contribution < -0.4 is 0 Å². The number of carbonyl (C=O) groups excluding carboxylic acids is 2. The van der Waals surface area contributed by atoms with Crippen LogP contribution in [0.2, 0.25) is 0 Å². The molecule has 4 nitrogen and oxygen atoms in total. The van der Waals surface area contributed by atoms with E-state index in [0.717, 1.165) is 12.7 Å². The molecule has 1 heterocycles. The predicted molar refractivity (Wildman–Crippen MR) is 45.2 cm³/mol. The summed E-state index contributed by atoms with van der Waals surface area (Å²) >= 11 is 0. The van der Waals surface area contributed by atoms with Crippen LogP contribution >= 0.6 is 0 Å². The average molecular weight is 186 g/mol.